The van der Waals surface area contributed by atoms with Gasteiger partial charge in [0, 0.05) is 57.0 Å². The first-order chi connectivity index (χ1) is 10.1. The molecule has 1 aromatic carbocycles. The minimum absolute atomic E-state index is 0. The molecule has 0 aliphatic carbocycles. The van der Waals surface area contributed by atoms with Gasteiger partial charge in [0.25, 0.3) is 11.6 Å². The summed E-state index contributed by atoms with van der Waals surface area (Å²) >= 11 is 0. The third-order valence-corrected chi connectivity index (χ3v) is 3.60. The van der Waals surface area contributed by atoms with E-state index in [0.717, 1.165) is 38.3 Å². The third-order valence-electron chi connectivity index (χ3n) is 3.60. The number of carbonyl (C=O) groups is 1. The minimum atomic E-state index is -0.489. The van der Waals surface area contributed by atoms with Crippen molar-refractivity contribution in [2.45, 2.75) is 6.92 Å². The van der Waals surface area contributed by atoms with Crippen molar-refractivity contribution in [1.29, 1.82) is 0 Å². The van der Waals surface area contributed by atoms with E-state index in [1.54, 1.807) is 13.0 Å². The highest BCUT2D eigenvalue weighted by atomic mass is 35.5. The lowest BCUT2D eigenvalue weighted by Crippen LogP contribution is -2.46. The summed E-state index contributed by atoms with van der Waals surface area (Å²) in [5.74, 6) is -0.258. The van der Waals surface area contributed by atoms with Crippen molar-refractivity contribution in [3.05, 3.63) is 39.4 Å². The summed E-state index contributed by atoms with van der Waals surface area (Å²) in [5.41, 5.74) is 1.04. The number of non-ortho nitro benzene ring substituents is 1. The number of nitro groups is 1. The van der Waals surface area contributed by atoms with Gasteiger partial charge in [-0.1, -0.05) is 6.07 Å². The number of nitrogens with one attached hydrogen (secondary N) is 2. The van der Waals surface area contributed by atoms with Crippen LogP contribution in [0.1, 0.15) is 15.9 Å². The number of hydrogen-bond acceptors (Lipinski definition) is 5. The van der Waals surface area contributed by atoms with Gasteiger partial charge in [-0.25, -0.2) is 0 Å². The van der Waals surface area contributed by atoms with Crippen molar-refractivity contribution in [3.8, 4) is 0 Å². The Kier molecular flexibility index (Phi) is 7.23. The third kappa shape index (κ3) is 4.94. The monoisotopic (exact) mass is 328 g/mol. The second-order valence-corrected chi connectivity index (χ2v) is 5.10. The maximum absolute atomic E-state index is 12.1. The molecule has 7 nitrogen and oxygen atoms in total. The molecule has 0 saturated carbocycles. The first kappa shape index (κ1) is 18.3. The Balaban J connectivity index is 0.00000242. The van der Waals surface area contributed by atoms with E-state index < -0.39 is 4.92 Å². The van der Waals surface area contributed by atoms with Crippen molar-refractivity contribution in [1.82, 2.24) is 15.5 Å². The van der Waals surface area contributed by atoms with Gasteiger partial charge in [0.05, 0.1) is 4.92 Å². The lowest BCUT2D eigenvalue weighted by atomic mass is 10.1. The van der Waals surface area contributed by atoms with Gasteiger partial charge in [-0.2, -0.15) is 0 Å². The summed E-state index contributed by atoms with van der Waals surface area (Å²) in [6.45, 7) is 7.00. The zero-order chi connectivity index (χ0) is 15.2. The first-order valence-corrected chi connectivity index (χ1v) is 7.04. The van der Waals surface area contributed by atoms with Crippen molar-refractivity contribution in [2.75, 3.05) is 39.3 Å². The fourth-order valence-corrected chi connectivity index (χ4v) is 2.33. The summed E-state index contributed by atoms with van der Waals surface area (Å²) in [4.78, 5) is 24.7. The molecular weight excluding hydrogens is 308 g/mol. The van der Waals surface area contributed by atoms with Gasteiger partial charge in [-0.05, 0) is 12.5 Å². The Morgan fingerprint density at radius 3 is 2.73 bits per heavy atom. The summed E-state index contributed by atoms with van der Waals surface area (Å²) < 4.78 is 0. The van der Waals surface area contributed by atoms with E-state index in [9.17, 15) is 14.9 Å². The van der Waals surface area contributed by atoms with Crippen LogP contribution in [0, 0.1) is 17.0 Å². The number of nitrogens with zero attached hydrogens (tertiary/aromatic N) is 2. The Hall–Kier alpha value is -1.70. The average Bonchev–Trinajstić information content (AvgIpc) is 2.48. The lowest BCUT2D eigenvalue weighted by Gasteiger charge is -2.27. The number of halogens is 1. The fourth-order valence-electron chi connectivity index (χ4n) is 2.33. The largest absolute Gasteiger partial charge is 0.351 e. The highest BCUT2D eigenvalue weighted by Crippen LogP contribution is 2.17. The Morgan fingerprint density at radius 2 is 2.09 bits per heavy atom. The van der Waals surface area contributed by atoms with Gasteiger partial charge >= 0.3 is 0 Å². The Bertz CT molecular complexity index is 533. The molecule has 22 heavy (non-hydrogen) atoms. The van der Waals surface area contributed by atoms with E-state index in [1.165, 1.54) is 12.1 Å². The summed E-state index contributed by atoms with van der Waals surface area (Å²) in [6.07, 6.45) is 0. The second kappa shape index (κ2) is 8.67. The number of piperazine rings is 1. The predicted octanol–water partition coefficient (Wildman–Crippen LogP) is 0.960. The second-order valence-electron chi connectivity index (χ2n) is 5.10. The van der Waals surface area contributed by atoms with Gasteiger partial charge in [0.1, 0.15) is 0 Å². The number of nitro benzene ring substituents is 1. The van der Waals surface area contributed by atoms with Crippen LogP contribution in [0.25, 0.3) is 0 Å². The molecule has 2 rings (SSSR count). The normalized spacial score (nSPS) is 15.0. The SMILES string of the molecule is Cc1ccc([N+](=O)[O-])cc1C(=O)NCCN1CCNCC1.Cl. The molecule has 1 aliphatic heterocycles. The highest BCUT2D eigenvalue weighted by Gasteiger charge is 2.15. The molecule has 1 fully saturated rings. The minimum Gasteiger partial charge on any atom is -0.351 e. The van der Waals surface area contributed by atoms with Gasteiger partial charge in [-0.15, -0.1) is 12.4 Å². The Morgan fingerprint density at radius 1 is 1.41 bits per heavy atom. The van der Waals surface area contributed by atoms with Crippen molar-refractivity contribution >= 4 is 24.0 Å². The number of hydrogen-bond donors (Lipinski definition) is 2. The van der Waals surface area contributed by atoms with Crippen molar-refractivity contribution in [3.63, 3.8) is 0 Å². The molecule has 0 spiro atoms. The van der Waals surface area contributed by atoms with Crippen LogP contribution in [0.5, 0.6) is 0 Å². The maximum atomic E-state index is 12.1. The molecule has 0 unspecified atom stereocenters. The van der Waals surface area contributed by atoms with Crippen LogP contribution in [-0.2, 0) is 0 Å². The number of amides is 1. The summed E-state index contributed by atoms with van der Waals surface area (Å²) in [5, 5.41) is 16.9. The molecule has 1 amide bonds. The van der Waals surface area contributed by atoms with Gasteiger partial charge in [-0.3, -0.25) is 19.8 Å². The van der Waals surface area contributed by atoms with Crippen LogP contribution < -0.4 is 10.6 Å². The molecule has 2 N–H and O–H groups in total. The molecule has 0 atom stereocenters. The van der Waals surface area contributed by atoms with Gasteiger partial charge < -0.3 is 10.6 Å². The van der Waals surface area contributed by atoms with Gasteiger partial charge in [0.2, 0.25) is 0 Å². The van der Waals surface area contributed by atoms with E-state index >= 15 is 0 Å². The van der Waals surface area contributed by atoms with Gasteiger partial charge in [0.15, 0.2) is 0 Å². The first-order valence-electron chi connectivity index (χ1n) is 7.04. The molecule has 1 saturated heterocycles. The Labute approximate surface area is 135 Å². The lowest BCUT2D eigenvalue weighted by molar-refractivity contribution is -0.384. The van der Waals surface area contributed by atoms with E-state index in [1.807, 2.05) is 0 Å². The number of aryl methyl sites for hydroxylation is 1. The van der Waals surface area contributed by atoms with Crippen molar-refractivity contribution < 1.29 is 9.72 Å². The van der Waals surface area contributed by atoms with Crippen LogP contribution in [0.4, 0.5) is 5.69 Å². The standard InChI is InChI=1S/C14H20N4O3.ClH/c1-11-2-3-12(18(20)21)10-13(11)14(19)16-6-9-17-7-4-15-5-8-17;/h2-3,10,15H,4-9H2,1H3,(H,16,19);1H. The quantitative estimate of drug-likeness (QED) is 0.621. The van der Waals surface area contributed by atoms with Crippen molar-refractivity contribution in [2.24, 2.45) is 0 Å². The molecule has 1 aliphatic rings. The zero-order valence-electron chi connectivity index (χ0n) is 12.5. The molecular formula is C14H21ClN4O3. The molecule has 0 bridgehead atoms. The molecule has 8 heteroatoms. The van der Waals surface area contributed by atoms with Crippen LogP contribution in [0.3, 0.4) is 0 Å². The smallest absolute Gasteiger partial charge is 0.270 e. The number of carbonyl (C=O) groups excluding carboxylic acids is 1. The van der Waals surface area contributed by atoms with E-state index in [2.05, 4.69) is 15.5 Å². The molecule has 1 aromatic rings. The number of rotatable bonds is 5. The van der Waals surface area contributed by atoms with Crippen LogP contribution in [0.15, 0.2) is 18.2 Å². The van der Waals surface area contributed by atoms with Crippen LogP contribution in [-0.4, -0.2) is 55.0 Å². The zero-order valence-corrected chi connectivity index (χ0v) is 13.3. The topological polar surface area (TPSA) is 87.5 Å². The van der Waals surface area contributed by atoms with Crippen LogP contribution >= 0.6 is 12.4 Å². The molecule has 0 radical (unpaired) electrons. The van der Waals surface area contributed by atoms with E-state index in [4.69, 9.17) is 0 Å². The van der Waals surface area contributed by atoms with E-state index in [0.29, 0.717) is 12.1 Å². The predicted molar refractivity (Wildman–Crippen MR) is 86.7 cm³/mol. The molecule has 0 aromatic heterocycles. The number of benzene rings is 1. The average molecular weight is 329 g/mol. The molecule has 1 heterocycles. The highest BCUT2D eigenvalue weighted by molar-refractivity contribution is 5.96. The van der Waals surface area contributed by atoms with Crippen LogP contribution in [0.2, 0.25) is 0 Å². The fraction of sp³-hybridized carbons (Fsp3) is 0.500. The van der Waals surface area contributed by atoms with E-state index in [-0.39, 0.29) is 24.0 Å². The maximum Gasteiger partial charge on any atom is 0.270 e. The molecule has 122 valence electrons. The summed E-state index contributed by atoms with van der Waals surface area (Å²) in [6, 6.07) is 4.34. The summed E-state index contributed by atoms with van der Waals surface area (Å²) in [7, 11) is 0.